The van der Waals surface area contributed by atoms with Crippen molar-refractivity contribution >= 4 is 34.5 Å². The lowest BCUT2D eigenvalue weighted by atomic mass is 10.1. The number of fused-ring (bicyclic) bond motifs is 1. The first-order chi connectivity index (χ1) is 13.2. The van der Waals surface area contributed by atoms with E-state index in [2.05, 4.69) is 4.98 Å². The first-order valence-corrected chi connectivity index (χ1v) is 9.87. The Kier molecular flexibility index (Phi) is 5.27. The average Bonchev–Trinajstić information content (AvgIpc) is 3.22. The second kappa shape index (κ2) is 7.98. The van der Waals surface area contributed by atoms with Gasteiger partial charge in [0.2, 0.25) is 0 Å². The highest BCUT2D eigenvalue weighted by atomic mass is 35.5. The third kappa shape index (κ3) is 4.07. The summed E-state index contributed by atoms with van der Waals surface area (Å²) in [5, 5.41) is 2.66. The van der Waals surface area contributed by atoms with Gasteiger partial charge in [-0.1, -0.05) is 11.6 Å². The van der Waals surface area contributed by atoms with Gasteiger partial charge in [0.25, 0.3) is 5.91 Å². The Bertz CT molecular complexity index is 929. The van der Waals surface area contributed by atoms with E-state index in [-0.39, 0.29) is 12.5 Å². The van der Waals surface area contributed by atoms with E-state index in [1.807, 2.05) is 35.7 Å². The topological polar surface area (TPSA) is 51.7 Å². The van der Waals surface area contributed by atoms with E-state index in [1.54, 1.807) is 33.9 Å². The maximum atomic E-state index is 12.4. The van der Waals surface area contributed by atoms with Crippen LogP contribution in [0.4, 0.5) is 5.69 Å². The highest BCUT2D eigenvalue weighted by Gasteiger charge is 2.25. The summed E-state index contributed by atoms with van der Waals surface area (Å²) in [7, 11) is 0. The first-order valence-electron chi connectivity index (χ1n) is 8.55. The molecule has 0 radical (unpaired) electrons. The average molecular weight is 401 g/mol. The van der Waals surface area contributed by atoms with Gasteiger partial charge in [-0.05, 0) is 48.9 Å². The molecule has 2 aromatic carbocycles. The van der Waals surface area contributed by atoms with Crippen LogP contribution in [0.1, 0.15) is 6.42 Å². The van der Waals surface area contributed by atoms with Crippen molar-refractivity contribution in [2.24, 2.45) is 0 Å². The van der Waals surface area contributed by atoms with E-state index in [0.29, 0.717) is 30.3 Å². The Labute approximate surface area is 166 Å². The van der Waals surface area contributed by atoms with Gasteiger partial charge in [-0.2, -0.15) is 0 Å². The number of hydrogen-bond acceptors (Lipinski definition) is 5. The number of nitrogens with zero attached hydrogens (tertiary/aromatic N) is 2. The number of rotatable bonds is 6. The Balaban J connectivity index is 1.44. The van der Waals surface area contributed by atoms with Crippen LogP contribution in [0.25, 0.3) is 11.3 Å². The van der Waals surface area contributed by atoms with Crippen molar-refractivity contribution in [3.05, 3.63) is 58.4 Å². The van der Waals surface area contributed by atoms with Gasteiger partial charge in [-0.15, -0.1) is 11.3 Å². The van der Waals surface area contributed by atoms with Crippen molar-refractivity contribution in [2.45, 2.75) is 6.42 Å². The van der Waals surface area contributed by atoms with Crippen LogP contribution < -0.4 is 14.4 Å². The molecule has 0 unspecified atom stereocenters. The summed E-state index contributed by atoms with van der Waals surface area (Å²) < 4.78 is 11.3. The van der Waals surface area contributed by atoms with Gasteiger partial charge in [-0.3, -0.25) is 4.79 Å². The van der Waals surface area contributed by atoms with E-state index in [1.165, 1.54) is 0 Å². The van der Waals surface area contributed by atoms with Crippen LogP contribution in [-0.4, -0.2) is 30.6 Å². The molecule has 0 fully saturated rings. The van der Waals surface area contributed by atoms with Crippen molar-refractivity contribution in [2.75, 3.05) is 24.7 Å². The van der Waals surface area contributed by atoms with Crippen LogP contribution >= 0.6 is 22.9 Å². The zero-order valence-electron chi connectivity index (χ0n) is 14.4. The van der Waals surface area contributed by atoms with Gasteiger partial charge in [0.15, 0.2) is 6.61 Å². The molecule has 7 heteroatoms. The fraction of sp³-hybridized carbons (Fsp3) is 0.200. The number of carbonyl (C=O) groups excluding carboxylic acids is 1. The molecule has 0 spiro atoms. The summed E-state index contributed by atoms with van der Waals surface area (Å²) >= 11 is 7.41. The largest absolute Gasteiger partial charge is 0.494 e. The summed E-state index contributed by atoms with van der Waals surface area (Å²) in [6, 6.07) is 13.1. The van der Waals surface area contributed by atoms with Gasteiger partial charge in [0, 0.05) is 22.5 Å². The van der Waals surface area contributed by atoms with Crippen LogP contribution in [0.5, 0.6) is 11.5 Å². The minimum Gasteiger partial charge on any atom is -0.494 e. The Morgan fingerprint density at radius 3 is 2.85 bits per heavy atom. The third-order valence-corrected chi connectivity index (χ3v) is 5.08. The predicted octanol–water partition coefficient (Wildman–Crippen LogP) is 4.66. The van der Waals surface area contributed by atoms with E-state index in [0.717, 1.165) is 22.7 Å². The van der Waals surface area contributed by atoms with Gasteiger partial charge in [0.1, 0.15) is 11.5 Å². The molecule has 0 N–H and O–H groups in total. The molecule has 0 saturated heterocycles. The molecule has 2 heterocycles. The number of aromatic nitrogens is 1. The molecule has 0 saturated carbocycles. The Morgan fingerprint density at radius 1 is 1.22 bits per heavy atom. The zero-order chi connectivity index (χ0) is 18.6. The maximum Gasteiger partial charge on any atom is 0.265 e. The Morgan fingerprint density at radius 2 is 2.07 bits per heavy atom. The van der Waals surface area contributed by atoms with Crippen molar-refractivity contribution < 1.29 is 14.3 Å². The molecular weight excluding hydrogens is 384 g/mol. The van der Waals surface area contributed by atoms with Crippen LogP contribution in [0.2, 0.25) is 5.02 Å². The van der Waals surface area contributed by atoms with Gasteiger partial charge < -0.3 is 14.4 Å². The predicted molar refractivity (Wildman–Crippen MR) is 107 cm³/mol. The van der Waals surface area contributed by atoms with Crippen LogP contribution in [0, 0.1) is 0 Å². The second-order valence-electron chi connectivity index (χ2n) is 6.05. The fourth-order valence-corrected chi connectivity index (χ4v) is 3.59. The fourth-order valence-electron chi connectivity index (χ4n) is 2.91. The molecule has 5 nitrogen and oxygen atoms in total. The quantitative estimate of drug-likeness (QED) is 0.565. The molecule has 1 amide bonds. The third-order valence-electron chi connectivity index (χ3n) is 4.24. The smallest absolute Gasteiger partial charge is 0.265 e. The number of hydrogen-bond donors (Lipinski definition) is 0. The normalized spacial score (nSPS) is 13.2. The molecule has 1 aliphatic rings. The minimum atomic E-state index is -0.0515. The van der Waals surface area contributed by atoms with Crippen molar-refractivity contribution in [1.82, 2.24) is 4.98 Å². The van der Waals surface area contributed by atoms with E-state index in [4.69, 9.17) is 21.1 Å². The van der Waals surface area contributed by atoms with Crippen LogP contribution in [0.3, 0.4) is 0 Å². The molecule has 1 aliphatic heterocycles. The van der Waals surface area contributed by atoms with Crippen molar-refractivity contribution in [3.8, 4) is 22.8 Å². The first kappa shape index (κ1) is 17.8. The molecule has 0 aliphatic carbocycles. The Hall–Kier alpha value is -2.57. The maximum absolute atomic E-state index is 12.4. The highest BCUT2D eigenvalue weighted by Crippen LogP contribution is 2.36. The van der Waals surface area contributed by atoms with E-state index >= 15 is 0 Å². The zero-order valence-corrected chi connectivity index (χ0v) is 16.0. The standard InChI is InChI=1S/C20H17ClN2O3S/c21-15-3-5-16(6-4-15)25-9-1-8-23-18-10-14(17-12-27-13-22-17)2-7-19(18)26-11-20(23)24/h2-7,10,12-13H,1,8-9,11H2. The molecule has 3 aromatic rings. The van der Waals surface area contributed by atoms with Gasteiger partial charge >= 0.3 is 0 Å². The van der Waals surface area contributed by atoms with Crippen molar-refractivity contribution in [1.29, 1.82) is 0 Å². The van der Waals surface area contributed by atoms with Crippen LogP contribution in [-0.2, 0) is 4.79 Å². The highest BCUT2D eigenvalue weighted by molar-refractivity contribution is 7.07. The number of ether oxygens (including phenoxy) is 2. The second-order valence-corrected chi connectivity index (χ2v) is 7.20. The number of carbonyl (C=O) groups is 1. The summed E-state index contributed by atoms with van der Waals surface area (Å²) in [6.45, 7) is 1.12. The lowest BCUT2D eigenvalue weighted by Crippen LogP contribution is -2.39. The number of thiazole rings is 1. The molecule has 138 valence electrons. The summed E-state index contributed by atoms with van der Waals surface area (Å²) in [5.41, 5.74) is 4.44. The number of anilines is 1. The lowest BCUT2D eigenvalue weighted by molar-refractivity contribution is -0.121. The SMILES string of the molecule is O=C1COc2ccc(-c3cscn3)cc2N1CCCOc1ccc(Cl)cc1. The number of benzene rings is 2. The molecule has 0 atom stereocenters. The summed E-state index contributed by atoms with van der Waals surface area (Å²) in [4.78, 5) is 18.5. The van der Waals surface area contributed by atoms with Gasteiger partial charge in [0.05, 0.1) is 23.5 Å². The number of halogens is 1. The molecular formula is C20H17ClN2O3S. The van der Waals surface area contributed by atoms with Crippen molar-refractivity contribution in [3.63, 3.8) is 0 Å². The summed E-state index contributed by atoms with van der Waals surface area (Å²) in [6.07, 6.45) is 0.703. The van der Waals surface area contributed by atoms with Crippen LogP contribution in [0.15, 0.2) is 53.4 Å². The lowest BCUT2D eigenvalue weighted by Gasteiger charge is -2.29. The van der Waals surface area contributed by atoms with E-state index < -0.39 is 0 Å². The minimum absolute atomic E-state index is 0.0515. The monoisotopic (exact) mass is 400 g/mol. The molecule has 0 bridgehead atoms. The summed E-state index contributed by atoms with van der Waals surface area (Å²) in [5.74, 6) is 1.43. The van der Waals surface area contributed by atoms with E-state index in [9.17, 15) is 4.79 Å². The molecule has 27 heavy (non-hydrogen) atoms. The molecule has 1 aromatic heterocycles. The molecule has 4 rings (SSSR count). The number of amides is 1. The van der Waals surface area contributed by atoms with Gasteiger partial charge in [-0.25, -0.2) is 4.98 Å².